The first-order valence-electron chi connectivity index (χ1n) is 5.24. The Balaban J connectivity index is 2.68. The van der Waals surface area contributed by atoms with Gasteiger partial charge in [0.1, 0.15) is 11.6 Å². The van der Waals surface area contributed by atoms with Gasteiger partial charge in [0.2, 0.25) is 5.88 Å². The Bertz CT molecular complexity index is 537. The number of hydrogen-bond donors (Lipinski definition) is 1. The SMILES string of the molecule is CCc1c(OC)cc(F)cc1-c1cnoc1N. The third-order valence-electron chi connectivity index (χ3n) is 2.64. The van der Waals surface area contributed by atoms with Crippen molar-refractivity contribution in [3.63, 3.8) is 0 Å². The van der Waals surface area contributed by atoms with Gasteiger partial charge >= 0.3 is 0 Å². The van der Waals surface area contributed by atoms with Crippen molar-refractivity contribution in [1.82, 2.24) is 5.16 Å². The summed E-state index contributed by atoms with van der Waals surface area (Å²) < 4.78 is 23.4. The van der Waals surface area contributed by atoms with Gasteiger partial charge in [0.15, 0.2) is 0 Å². The number of nitrogens with two attached hydrogens (primary N) is 1. The van der Waals surface area contributed by atoms with Crippen LogP contribution in [0, 0.1) is 5.82 Å². The zero-order valence-corrected chi connectivity index (χ0v) is 9.66. The van der Waals surface area contributed by atoms with Crippen LogP contribution in [-0.2, 0) is 6.42 Å². The number of methoxy groups -OCH3 is 1. The predicted molar refractivity (Wildman–Crippen MR) is 62.2 cm³/mol. The highest BCUT2D eigenvalue weighted by Crippen LogP contribution is 2.35. The lowest BCUT2D eigenvalue weighted by Gasteiger charge is -2.11. The summed E-state index contributed by atoms with van der Waals surface area (Å²) in [6.07, 6.45) is 2.17. The van der Waals surface area contributed by atoms with Gasteiger partial charge in [-0.1, -0.05) is 12.1 Å². The van der Waals surface area contributed by atoms with Crippen LogP contribution in [0.4, 0.5) is 10.3 Å². The quantitative estimate of drug-likeness (QED) is 0.889. The number of ether oxygens (including phenoxy) is 1. The summed E-state index contributed by atoms with van der Waals surface area (Å²) >= 11 is 0. The van der Waals surface area contributed by atoms with E-state index in [-0.39, 0.29) is 11.7 Å². The number of nitrogen functional groups attached to an aromatic ring is 1. The molecule has 0 aliphatic heterocycles. The Labute approximate surface area is 98.2 Å². The summed E-state index contributed by atoms with van der Waals surface area (Å²) in [5.74, 6) is 0.296. The van der Waals surface area contributed by atoms with Crippen molar-refractivity contribution in [2.24, 2.45) is 0 Å². The van der Waals surface area contributed by atoms with E-state index in [9.17, 15) is 4.39 Å². The summed E-state index contributed by atoms with van der Waals surface area (Å²) in [5, 5.41) is 3.60. The van der Waals surface area contributed by atoms with Gasteiger partial charge in [-0.3, -0.25) is 0 Å². The second kappa shape index (κ2) is 4.45. The average molecular weight is 236 g/mol. The number of nitrogens with zero attached hydrogens (tertiary/aromatic N) is 1. The van der Waals surface area contributed by atoms with E-state index in [1.807, 2.05) is 6.92 Å². The van der Waals surface area contributed by atoms with Crippen LogP contribution >= 0.6 is 0 Å². The van der Waals surface area contributed by atoms with E-state index in [1.165, 1.54) is 25.4 Å². The molecule has 2 rings (SSSR count). The Hall–Kier alpha value is -2.04. The molecule has 0 radical (unpaired) electrons. The van der Waals surface area contributed by atoms with E-state index < -0.39 is 0 Å². The summed E-state index contributed by atoms with van der Waals surface area (Å²) in [6.45, 7) is 1.96. The lowest BCUT2D eigenvalue weighted by Crippen LogP contribution is -1.97. The van der Waals surface area contributed by atoms with Crippen LogP contribution < -0.4 is 10.5 Å². The molecule has 2 aromatic rings. The molecule has 0 saturated heterocycles. The van der Waals surface area contributed by atoms with Gasteiger partial charge in [0.25, 0.3) is 0 Å². The first kappa shape index (κ1) is 11.4. The van der Waals surface area contributed by atoms with E-state index in [4.69, 9.17) is 15.0 Å². The van der Waals surface area contributed by atoms with Gasteiger partial charge in [0.05, 0.1) is 18.9 Å². The third kappa shape index (κ3) is 1.95. The first-order chi connectivity index (χ1) is 8.17. The number of aromatic nitrogens is 1. The van der Waals surface area contributed by atoms with E-state index in [2.05, 4.69) is 5.16 Å². The fraction of sp³-hybridized carbons (Fsp3) is 0.250. The minimum absolute atomic E-state index is 0.173. The lowest BCUT2D eigenvalue weighted by atomic mass is 9.99. The topological polar surface area (TPSA) is 61.3 Å². The van der Waals surface area contributed by atoms with Gasteiger partial charge in [-0.15, -0.1) is 0 Å². The molecule has 0 fully saturated rings. The maximum atomic E-state index is 13.5. The summed E-state index contributed by atoms with van der Waals surface area (Å²) in [4.78, 5) is 0. The van der Waals surface area contributed by atoms with Crippen LogP contribution in [0.25, 0.3) is 11.1 Å². The van der Waals surface area contributed by atoms with Crippen molar-refractivity contribution >= 4 is 5.88 Å². The molecule has 0 unspecified atom stereocenters. The minimum Gasteiger partial charge on any atom is -0.496 e. The predicted octanol–water partition coefficient (Wildman–Crippen LogP) is 2.63. The molecule has 0 atom stereocenters. The van der Waals surface area contributed by atoms with E-state index >= 15 is 0 Å². The molecule has 90 valence electrons. The Morgan fingerprint density at radius 1 is 1.41 bits per heavy atom. The maximum Gasteiger partial charge on any atom is 0.229 e. The fourth-order valence-electron chi connectivity index (χ4n) is 1.85. The van der Waals surface area contributed by atoms with Crippen molar-refractivity contribution in [2.75, 3.05) is 12.8 Å². The molecule has 2 N–H and O–H groups in total. The molecule has 1 aromatic carbocycles. The molecular weight excluding hydrogens is 223 g/mol. The highest BCUT2D eigenvalue weighted by Gasteiger charge is 2.16. The van der Waals surface area contributed by atoms with Gasteiger partial charge in [-0.2, -0.15) is 0 Å². The molecule has 0 spiro atoms. The van der Waals surface area contributed by atoms with Crippen molar-refractivity contribution in [3.8, 4) is 16.9 Å². The maximum absolute atomic E-state index is 13.5. The molecule has 5 heteroatoms. The summed E-state index contributed by atoms with van der Waals surface area (Å²) in [6, 6.07) is 2.76. The number of halogens is 1. The highest BCUT2D eigenvalue weighted by molar-refractivity contribution is 5.76. The van der Waals surface area contributed by atoms with Gasteiger partial charge in [-0.25, -0.2) is 4.39 Å². The van der Waals surface area contributed by atoms with Crippen LogP contribution in [-0.4, -0.2) is 12.3 Å². The van der Waals surface area contributed by atoms with Crippen LogP contribution in [0.15, 0.2) is 22.9 Å². The lowest BCUT2D eigenvalue weighted by molar-refractivity contribution is 0.407. The monoisotopic (exact) mass is 236 g/mol. The molecular formula is C12H13FN2O2. The second-order valence-electron chi connectivity index (χ2n) is 3.59. The van der Waals surface area contributed by atoms with E-state index in [0.717, 1.165) is 5.56 Å². The molecule has 1 aromatic heterocycles. The van der Waals surface area contributed by atoms with Crippen LogP contribution in [0.1, 0.15) is 12.5 Å². The second-order valence-corrected chi connectivity index (χ2v) is 3.59. The Kier molecular flexibility index (Phi) is 2.99. The van der Waals surface area contributed by atoms with Crippen LogP contribution in [0.2, 0.25) is 0 Å². The smallest absolute Gasteiger partial charge is 0.229 e. The van der Waals surface area contributed by atoms with Crippen molar-refractivity contribution in [2.45, 2.75) is 13.3 Å². The average Bonchev–Trinajstić information content (AvgIpc) is 2.74. The van der Waals surface area contributed by atoms with Crippen LogP contribution in [0.5, 0.6) is 5.75 Å². The number of hydrogen-bond acceptors (Lipinski definition) is 4. The van der Waals surface area contributed by atoms with E-state index in [0.29, 0.717) is 23.3 Å². The number of rotatable bonds is 3. The van der Waals surface area contributed by atoms with Gasteiger partial charge in [0, 0.05) is 11.6 Å². The van der Waals surface area contributed by atoms with Gasteiger partial charge < -0.3 is 15.0 Å². The molecule has 1 heterocycles. The Morgan fingerprint density at radius 3 is 2.71 bits per heavy atom. The zero-order valence-electron chi connectivity index (χ0n) is 9.66. The third-order valence-corrected chi connectivity index (χ3v) is 2.64. The summed E-state index contributed by atoms with van der Waals surface area (Å²) in [5.41, 5.74) is 7.76. The van der Waals surface area contributed by atoms with Crippen molar-refractivity contribution in [1.29, 1.82) is 0 Å². The molecule has 0 saturated carbocycles. The van der Waals surface area contributed by atoms with Crippen molar-refractivity contribution < 1.29 is 13.7 Å². The fourth-order valence-corrected chi connectivity index (χ4v) is 1.85. The zero-order chi connectivity index (χ0) is 12.4. The Morgan fingerprint density at radius 2 is 2.18 bits per heavy atom. The highest BCUT2D eigenvalue weighted by atomic mass is 19.1. The largest absolute Gasteiger partial charge is 0.496 e. The standard InChI is InChI=1S/C12H13FN2O2/c1-3-8-9(10-6-15-17-12(10)14)4-7(13)5-11(8)16-2/h4-6H,3,14H2,1-2H3. The van der Waals surface area contributed by atoms with E-state index in [1.54, 1.807) is 0 Å². The van der Waals surface area contributed by atoms with Crippen LogP contribution in [0.3, 0.4) is 0 Å². The molecule has 17 heavy (non-hydrogen) atoms. The van der Waals surface area contributed by atoms with Gasteiger partial charge in [-0.05, 0) is 18.1 Å². The minimum atomic E-state index is -0.380. The summed E-state index contributed by atoms with van der Waals surface area (Å²) in [7, 11) is 1.51. The molecule has 0 amide bonds. The van der Waals surface area contributed by atoms with Crippen molar-refractivity contribution in [3.05, 3.63) is 29.7 Å². The first-order valence-corrected chi connectivity index (χ1v) is 5.24. The number of anilines is 1. The molecule has 4 nitrogen and oxygen atoms in total. The molecule has 0 aliphatic rings. The molecule has 0 aliphatic carbocycles. The normalized spacial score (nSPS) is 10.5. The number of benzene rings is 1. The molecule has 0 bridgehead atoms.